The van der Waals surface area contributed by atoms with Crippen molar-refractivity contribution in [3.8, 4) is 6.07 Å². The second kappa shape index (κ2) is 8.45. The molecule has 11 heteroatoms. The number of nitrogens with zero attached hydrogens (tertiary/aromatic N) is 1. The van der Waals surface area contributed by atoms with Crippen molar-refractivity contribution < 1.29 is 31.1 Å². The molecule has 0 aliphatic heterocycles. The first-order valence-electron chi connectivity index (χ1n) is 7.63. The highest BCUT2D eigenvalue weighted by Gasteiger charge is 2.36. The Morgan fingerprint density at radius 3 is 1.90 bits per heavy atom. The van der Waals surface area contributed by atoms with E-state index in [0.29, 0.717) is 23.4 Å². The molecule has 2 N–H and O–H groups in total. The van der Waals surface area contributed by atoms with E-state index >= 15 is 0 Å². The zero-order chi connectivity index (χ0) is 21.8. The maximum atomic E-state index is 12.9. The van der Waals surface area contributed by atoms with Gasteiger partial charge in [-0.05, 0) is 42.5 Å². The fourth-order valence-corrected chi connectivity index (χ4v) is 2.20. The summed E-state index contributed by atoms with van der Waals surface area (Å²) < 4.78 is 77.2. The molecule has 0 aliphatic rings. The third kappa shape index (κ3) is 6.15. The molecule has 0 fully saturated rings. The summed E-state index contributed by atoms with van der Waals surface area (Å²) >= 11 is 5.70. The SMILES string of the molecule is N#C/C(=C/Nc1cc(C(F)(F)F)cc(C(F)(F)F)c1)C(=O)Nc1ccc(Cl)cc1. The van der Waals surface area contributed by atoms with Crippen molar-refractivity contribution in [2.24, 2.45) is 0 Å². The zero-order valence-electron chi connectivity index (χ0n) is 14.1. The Balaban J connectivity index is 2.28. The van der Waals surface area contributed by atoms with Gasteiger partial charge in [0.2, 0.25) is 0 Å². The molecule has 0 saturated carbocycles. The maximum Gasteiger partial charge on any atom is 0.416 e. The highest BCUT2D eigenvalue weighted by Crippen LogP contribution is 2.37. The van der Waals surface area contributed by atoms with Crippen LogP contribution in [-0.4, -0.2) is 5.91 Å². The first kappa shape index (κ1) is 22.1. The standard InChI is InChI=1S/C18H10ClF6N3O/c19-13-1-3-14(4-2-13)28-16(29)10(8-26)9-27-15-6-11(17(20,21)22)5-12(7-15)18(23,24)25/h1-7,9,27H,(H,28,29)/b10-9-. The molecule has 152 valence electrons. The lowest BCUT2D eigenvalue weighted by molar-refractivity contribution is -0.143. The molecule has 1 amide bonds. The summed E-state index contributed by atoms with van der Waals surface area (Å²) in [5.74, 6) is -0.926. The zero-order valence-corrected chi connectivity index (χ0v) is 14.9. The van der Waals surface area contributed by atoms with Crippen molar-refractivity contribution in [3.63, 3.8) is 0 Å². The minimum atomic E-state index is -5.02. The summed E-state index contributed by atoms with van der Waals surface area (Å²) in [6.07, 6.45) is -9.34. The van der Waals surface area contributed by atoms with Gasteiger partial charge in [0, 0.05) is 22.6 Å². The van der Waals surface area contributed by atoms with Crippen molar-refractivity contribution in [2.45, 2.75) is 12.4 Å². The third-order valence-electron chi connectivity index (χ3n) is 3.44. The van der Waals surface area contributed by atoms with E-state index in [4.69, 9.17) is 16.9 Å². The largest absolute Gasteiger partial charge is 0.416 e. The molecule has 4 nitrogen and oxygen atoms in total. The lowest BCUT2D eigenvalue weighted by atomic mass is 10.1. The van der Waals surface area contributed by atoms with Gasteiger partial charge >= 0.3 is 12.4 Å². The quantitative estimate of drug-likeness (QED) is 0.362. The molecule has 2 rings (SSSR count). The summed E-state index contributed by atoms with van der Waals surface area (Å²) in [7, 11) is 0. The van der Waals surface area contributed by atoms with E-state index in [-0.39, 0.29) is 11.8 Å². The average molecular weight is 434 g/mol. The van der Waals surface area contributed by atoms with Gasteiger partial charge in [-0.15, -0.1) is 0 Å². The molecule has 0 atom stereocenters. The molecule has 0 radical (unpaired) electrons. The molecule has 29 heavy (non-hydrogen) atoms. The lowest BCUT2D eigenvalue weighted by Crippen LogP contribution is -2.15. The van der Waals surface area contributed by atoms with E-state index in [1.165, 1.54) is 30.3 Å². The Kier molecular flexibility index (Phi) is 6.44. The number of carbonyl (C=O) groups is 1. The number of alkyl halides is 6. The summed E-state index contributed by atoms with van der Waals surface area (Å²) in [6, 6.07) is 8.13. The number of halogens is 7. The molecule has 0 heterocycles. The van der Waals surface area contributed by atoms with Crippen LogP contribution in [0, 0.1) is 11.3 Å². The normalized spacial score (nSPS) is 12.3. The molecule has 0 unspecified atom stereocenters. The van der Waals surface area contributed by atoms with Crippen molar-refractivity contribution in [1.29, 1.82) is 5.26 Å². The Hall–Kier alpha value is -3.19. The highest BCUT2D eigenvalue weighted by atomic mass is 35.5. The summed E-state index contributed by atoms with van der Waals surface area (Å²) in [4.78, 5) is 12.1. The smallest absolute Gasteiger partial charge is 0.360 e. The monoisotopic (exact) mass is 433 g/mol. The molecular formula is C18H10ClF6N3O. The van der Waals surface area contributed by atoms with Crippen molar-refractivity contribution in [3.05, 3.63) is 70.4 Å². The number of carbonyl (C=O) groups excluding carboxylic acids is 1. The molecular weight excluding hydrogens is 424 g/mol. The lowest BCUT2D eigenvalue weighted by Gasteiger charge is -2.14. The van der Waals surface area contributed by atoms with Gasteiger partial charge in [0.05, 0.1) is 11.1 Å². The molecule has 0 aliphatic carbocycles. The van der Waals surface area contributed by atoms with Crippen LogP contribution in [0.5, 0.6) is 0 Å². The van der Waals surface area contributed by atoms with Gasteiger partial charge in [-0.3, -0.25) is 4.79 Å². The van der Waals surface area contributed by atoms with Crippen molar-refractivity contribution in [1.82, 2.24) is 0 Å². The highest BCUT2D eigenvalue weighted by molar-refractivity contribution is 6.30. The van der Waals surface area contributed by atoms with E-state index in [1.807, 2.05) is 0 Å². The summed E-state index contributed by atoms with van der Waals surface area (Å²) in [5.41, 5.74) is -3.97. The molecule has 0 spiro atoms. The Bertz CT molecular complexity index is 943. The van der Waals surface area contributed by atoms with Gasteiger partial charge in [-0.25, -0.2) is 0 Å². The number of amides is 1. The topological polar surface area (TPSA) is 64.9 Å². The number of nitrogens with one attached hydrogen (secondary N) is 2. The Morgan fingerprint density at radius 2 is 1.45 bits per heavy atom. The second-order valence-electron chi connectivity index (χ2n) is 5.57. The fourth-order valence-electron chi connectivity index (χ4n) is 2.07. The second-order valence-corrected chi connectivity index (χ2v) is 6.01. The number of benzene rings is 2. The number of hydrogen-bond acceptors (Lipinski definition) is 3. The van der Waals surface area contributed by atoms with Crippen LogP contribution in [0.4, 0.5) is 37.7 Å². The number of nitriles is 1. The number of rotatable bonds is 4. The van der Waals surface area contributed by atoms with E-state index in [1.54, 1.807) is 0 Å². The minimum absolute atomic E-state index is 0.0344. The maximum absolute atomic E-state index is 12.9. The Morgan fingerprint density at radius 1 is 0.931 bits per heavy atom. The Labute approximate surface area is 165 Å². The van der Waals surface area contributed by atoms with E-state index in [9.17, 15) is 31.1 Å². The van der Waals surface area contributed by atoms with E-state index < -0.39 is 40.6 Å². The van der Waals surface area contributed by atoms with E-state index in [2.05, 4.69) is 10.6 Å². The molecule has 0 aromatic heterocycles. The molecule has 0 saturated heterocycles. The minimum Gasteiger partial charge on any atom is -0.360 e. The number of anilines is 2. The van der Waals surface area contributed by atoms with Crippen LogP contribution in [0.25, 0.3) is 0 Å². The van der Waals surface area contributed by atoms with Gasteiger partial charge in [-0.2, -0.15) is 31.6 Å². The average Bonchev–Trinajstić information content (AvgIpc) is 2.62. The summed E-state index contributed by atoms with van der Waals surface area (Å²) in [5, 5.41) is 13.9. The van der Waals surface area contributed by atoms with Crippen LogP contribution in [0.1, 0.15) is 11.1 Å². The molecule has 2 aromatic carbocycles. The molecule has 2 aromatic rings. The van der Waals surface area contributed by atoms with Gasteiger partial charge < -0.3 is 10.6 Å². The van der Waals surface area contributed by atoms with Gasteiger partial charge in [-0.1, -0.05) is 11.6 Å². The predicted molar refractivity (Wildman–Crippen MR) is 93.8 cm³/mol. The summed E-state index contributed by atoms with van der Waals surface area (Å²) in [6.45, 7) is 0. The van der Waals surface area contributed by atoms with Gasteiger partial charge in [0.15, 0.2) is 0 Å². The van der Waals surface area contributed by atoms with Crippen LogP contribution in [0.2, 0.25) is 5.02 Å². The predicted octanol–water partition coefficient (Wildman–Crippen LogP) is 5.84. The molecule has 0 bridgehead atoms. The van der Waals surface area contributed by atoms with Crippen LogP contribution in [0.3, 0.4) is 0 Å². The first-order valence-corrected chi connectivity index (χ1v) is 8.01. The van der Waals surface area contributed by atoms with Crippen LogP contribution in [0.15, 0.2) is 54.2 Å². The number of hydrogen-bond donors (Lipinski definition) is 2. The van der Waals surface area contributed by atoms with Crippen LogP contribution >= 0.6 is 11.6 Å². The van der Waals surface area contributed by atoms with Crippen molar-refractivity contribution >= 4 is 28.9 Å². The fraction of sp³-hybridized carbons (Fsp3) is 0.111. The van der Waals surface area contributed by atoms with E-state index in [0.717, 1.165) is 0 Å². The first-order chi connectivity index (χ1) is 13.4. The van der Waals surface area contributed by atoms with Gasteiger partial charge in [0.1, 0.15) is 11.6 Å². The van der Waals surface area contributed by atoms with Crippen LogP contribution in [-0.2, 0) is 17.1 Å². The van der Waals surface area contributed by atoms with Crippen molar-refractivity contribution in [2.75, 3.05) is 10.6 Å². The van der Waals surface area contributed by atoms with Crippen LogP contribution < -0.4 is 10.6 Å². The van der Waals surface area contributed by atoms with Gasteiger partial charge in [0.25, 0.3) is 5.91 Å². The third-order valence-corrected chi connectivity index (χ3v) is 3.69.